The summed E-state index contributed by atoms with van der Waals surface area (Å²) < 4.78 is 0. The third kappa shape index (κ3) is 3.62. The number of carbonyl (C=O) groups is 1. The highest BCUT2D eigenvalue weighted by atomic mass is 16.7. The fraction of sp³-hybridized carbons (Fsp3) is 0.263. The minimum Gasteiger partial charge on any atom is -0.393 e. The van der Waals surface area contributed by atoms with E-state index in [0.717, 1.165) is 5.56 Å². The lowest BCUT2D eigenvalue weighted by atomic mass is 9.94. The highest BCUT2D eigenvalue weighted by Gasteiger charge is 2.31. The number of aliphatic hydroxyl groups excluding tert-OH is 1. The van der Waals surface area contributed by atoms with Crippen LogP contribution in [-0.4, -0.2) is 28.8 Å². The lowest BCUT2D eigenvalue weighted by molar-refractivity contribution is -0.167. The molecule has 24 heavy (non-hydrogen) atoms. The van der Waals surface area contributed by atoms with E-state index in [2.05, 4.69) is 6.07 Å². The molecule has 5 heteroatoms. The molecule has 2 atom stereocenters. The van der Waals surface area contributed by atoms with E-state index >= 15 is 0 Å². The van der Waals surface area contributed by atoms with Crippen molar-refractivity contribution in [2.75, 3.05) is 6.54 Å². The highest BCUT2D eigenvalue weighted by molar-refractivity contribution is 5.89. The Hall–Kier alpha value is -2.68. The van der Waals surface area contributed by atoms with Crippen LogP contribution in [0.5, 0.6) is 0 Å². The number of carbonyl (C=O) groups excluding carboxylic acids is 1. The Bertz CT molecular complexity index is 737. The predicted molar refractivity (Wildman–Crippen MR) is 87.7 cm³/mol. The van der Waals surface area contributed by atoms with E-state index in [4.69, 9.17) is 10.1 Å². The smallest absolute Gasteiger partial charge is 0.357 e. The fourth-order valence-electron chi connectivity index (χ4n) is 2.85. The third-order valence-corrected chi connectivity index (χ3v) is 4.16. The zero-order valence-corrected chi connectivity index (χ0v) is 13.1. The second-order valence-corrected chi connectivity index (χ2v) is 5.81. The number of aliphatic hydroxyl groups is 1. The molecule has 0 saturated carbocycles. The maximum absolute atomic E-state index is 12.3. The topological polar surface area (TPSA) is 73.6 Å². The molecular weight excluding hydrogens is 304 g/mol. The van der Waals surface area contributed by atoms with E-state index in [9.17, 15) is 9.90 Å². The Morgan fingerprint density at radius 3 is 2.54 bits per heavy atom. The quantitative estimate of drug-likeness (QED) is 0.940. The Labute approximate surface area is 140 Å². The minimum atomic E-state index is -0.433. The summed E-state index contributed by atoms with van der Waals surface area (Å²) in [6, 6.07) is 17.8. The fourth-order valence-corrected chi connectivity index (χ4v) is 2.85. The SMILES string of the molecule is N#Cc1ccc([C@@H]2C[C@@H](O)CCN2OC(=O)c2ccccc2)cc1. The van der Waals surface area contributed by atoms with Gasteiger partial charge in [-0.05, 0) is 42.7 Å². The van der Waals surface area contributed by atoms with Gasteiger partial charge in [-0.3, -0.25) is 0 Å². The number of hydrogen-bond donors (Lipinski definition) is 1. The molecule has 1 heterocycles. The van der Waals surface area contributed by atoms with E-state index in [1.54, 1.807) is 41.5 Å². The molecule has 0 aromatic heterocycles. The van der Waals surface area contributed by atoms with Crippen LogP contribution in [0.2, 0.25) is 0 Å². The van der Waals surface area contributed by atoms with Crippen LogP contribution >= 0.6 is 0 Å². The average molecular weight is 322 g/mol. The van der Waals surface area contributed by atoms with Gasteiger partial charge in [0.15, 0.2) is 0 Å². The Morgan fingerprint density at radius 2 is 1.88 bits per heavy atom. The number of piperidine rings is 1. The summed E-state index contributed by atoms with van der Waals surface area (Å²) in [6.07, 6.45) is 0.598. The first-order valence-corrected chi connectivity index (χ1v) is 7.89. The molecule has 2 aromatic carbocycles. The van der Waals surface area contributed by atoms with Crippen molar-refractivity contribution in [3.05, 3.63) is 71.3 Å². The Kier molecular flexibility index (Phi) is 4.90. The zero-order valence-electron chi connectivity index (χ0n) is 13.1. The molecule has 1 fully saturated rings. The maximum Gasteiger partial charge on any atom is 0.357 e. The van der Waals surface area contributed by atoms with Gasteiger partial charge in [-0.25, -0.2) is 4.79 Å². The number of benzene rings is 2. The van der Waals surface area contributed by atoms with Gasteiger partial charge in [0.05, 0.1) is 29.3 Å². The number of nitrogens with zero attached hydrogens (tertiary/aromatic N) is 2. The van der Waals surface area contributed by atoms with E-state index in [0.29, 0.717) is 30.5 Å². The maximum atomic E-state index is 12.3. The summed E-state index contributed by atoms with van der Waals surface area (Å²) in [5.74, 6) is -0.411. The molecule has 0 spiro atoms. The number of nitriles is 1. The van der Waals surface area contributed by atoms with E-state index in [-0.39, 0.29) is 6.04 Å². The summed E-state index contributed by atoms with van der Waals surface area (Å²) in [5.41, 5.74) is 1.97. The van der Waals surface area contributed by atoms with Crippen molar-refractivity contribution in [2.45, 2.75) is 25.0 Å². The van der Waals surface area contributed by atoms with Crippen LogP contribution in [0.4, 0.5) is 0 Å². The van der Waals surface area contributed by atoms with Gasteiger partial charge in [-0.15, -0.1) is 5.06 Å². The van der Waals surface area contributed by atoms with Gasteiger partial charge >= 0.3 is 5.97 Å². The summed E-state index contributed by atoms with van der Waals surface area (Å²) in [6.45, 7) is 0.463. The summed E-state index contributed by atoms with van der Waals surface area (Å²) in [7, 11) is 0. The highest BCUT2D eigenvalue weighted by Crippen LogP contribution is 2.31. The van der Waals surface area contributed by atoms with Crippen molar-refractivity contribution in [2.24, 2.45) is 0 Å². The number of rotatable bonds is 3. The van der Waals surface area contributed by atoms with Gasteiger partial charge in [0, 0.05) is 6.54 Å². The zero-order chi connectivity index (χ0) is 16.9. The molecule has 1 saturated heterocycles. The number of hydroxylamine groups is 2. The van der Waals surface area contributed by atoms with Gasteiger partial charge in [0.25, 0.3) is 0 Å². The van der Waals surface area contributed by atoms with Gasteiger partial charge in [0.2, 0.25) is 0 Å². The molecule has 5 nitrogen and oxygen atoms in total. The van der Waals surface area contributed by atoms with Gasteiger partial charge in [-0.2, -0.15) is 5.26 Å². The number of hydrogen-bond acceptors (Lipinski definition) is 5. The van der Waals surface area contributed by atoms with Crippen LogP contribution in [0.3, 0.4) is 0 Å². The first-order valence-electron chi connectivity index (χ1n) is 7.89. The van der Waals surface area contributed by atoms with Crippen molar-refractivity contribution in [1.82, 2.24) is 5.06 Å². The summed E-state index contributed by atoms with van der Waals surface area (Å²) >= 11 is 0. The van der Waals surface area contributed by atoms with E-state index in [1.807, 2.05) is 18.2 Å². The molecule has 1 aliphatic rings. The summed E-state index contributed by atoms with van der Waals surface area (Å²) in [4.78, 5) is 17.9. The van der Waals surface area contributed by atoms with Crippen LogP contribution in [-0.2, 0) is 4.84 Å². The molecule has 0 aliphatic carbocycles. The van der Waals surface area contributed by atoms with Gasteiger partial charge in [0.1, 0.15) is 0 Å². The molecule has 1 N–H and O–H groups in total. The van der Waals surface area contributed by atoms with Crippen molar-refractivity contribution in [3.8, 4) is 6.07 Å². The standard InChI is InChI=1S/C19H18N2O3/c20-13-14-6-8-15(9-7-14)18-12-17(22)10-11-21(18)24-19(23)16-4-2-1-3-5-16/h1-9,17-18,22H,10-12H2/t17-,18-/m0/s1. The van der Waals surface area contributed by atoms with Crippen LogP contribution in [0.1, 0.15) is 40.4 Å². The van der Waals surface area contributed by atoms with Crippen LogP contribution in [0.15, 0.2) is 54.6 Å². The molecule has 0 radical (unpaired) electrons. The Balaban J connectivity index is 1.79. The second-order valence-electron chi connectivity index (χ2n) is 5.81. The van der Waals surface area contributed by atoms with Crippen molar-refractivity contribution in [3.63, 3.8) is 0 Å². The van der Waals surface area contributed by atoms with Crippen molar-refractivity contribution >= 4 is 5.97 Å². The van der Waals surface area contributed by atoms with Crippen molar-refractivity contribution < 1.29 is 14.7 Å². The lowest BCUT2D eigenvalue weighted by Crippen LogP contribution is -2.40. The monoisotopic (exact) mass is 322 g/mol. The lowest BCUT2D eigenvalue weighted by Gasteiger charge is -2.36. The van der Waals surface area contributed by atoms with Crippen molar-refractivity contribution in [1.29, 1.82) is 5.26 Å². The molecule has 3 rings (SSSR count). The second kappa shape index (κ2) is 7.26. The molecule has 1 aliphatic heterocycles. The summed E-state index contributed by atoms with van der Waals surface area (Å²) in [5, 5.41) is 20.5. The predicted octanol–water partition coefficient (Wildman–Crippen LogP) is 2.83. The van der Waals surface area contributed by atoms with E-state index in [1.165, 1.54) is 0 Å². The largest absolute Gasteiger partial charge is 0.393 e. The van der Waals surface area contributed by atoms with E-state index < -0.39 is 12.1 Å². The van der Waals surface area contributed by atoms with Crippen LogP contribution < -0.4 is 0 Å². The normalized spacial score (nSPS) is 21.0. The molecule has 0 bridgehead atoms. The van der Waals surface area contributed by atoms with Gasteiger partial charge in [-0.1, -0.05) is 30.3 Å². The molecule has 122 valence electrons. The Morgan fingerprint density at radius 1 is 1.17 bits per heavy atom. The molecule has 0 unspecified atom stereocenters. The third-order valence-electron chi connectivity index (χ3n) is 4.16. The van der Waals surface area contributed by atoms with Crippen LogP contribution in [0, 0.1) is 11.3 Å². The van der Waals surface area contributed by atoms with Crippen LogP contribution in [0.25, 0.3) is 0 Å². The molecular formula is C19H18N2O3. The minimum absolute atomic E-state index is 0.228. The first kappa shape index (κ1) is 16.2. The van der Waals surface area contributed by atoms with Gasteiger partial charge < -0.3 is 9.94 Å². The first-order chi connectivity index (χ1) is 11.7. The average Bonchev–Trinajstić information content (AvgIpc) is 2.64. The molecule has 2 aromatic rings. The molecule has 0 amide bonds.